The standard InChI is InChI=1S/C25H34N2O/c1-3-5-8-20(4-2)17-26-25(28)23-13-11-21(12-14-23)18-27-16-15-22-9-6-7-10-24(22)19-27/h6-7,9-14,20H,3-5,8,15-19H2,1-2H3,(H,26,28)/t20-/m0/s1. The van der Waals surface area contributed by atoms with Crippen LogP contribution >= 0.6 is 0 Å². The summed E-state index contributed by atoms with van der Waals surface area (Å²) in [6.45, 7) is 8.25. The highest BCUT2D eigenvalue weighted by molar-refractivity contribution is 5.94. The largest absolute Gasteiger partial charge is 0.352 e. The van der Waals surface area contributed by atoms with Crippen LogP contribution in [0.15, 0.2) is 48.5 Å². The Morgan fingerprint density at radius 2 is 1.82 bits per heavy atom. The first kappa shape index (κ1) is 20.6. The maximum Gasteiger partial charge on any atom is 0.251 e. The highest BCUT2D eigenvalue weighted by atomic mass is 16.1. The third kappa shape index (κ3) is 5.68. The number of hydrogen-bond donors (Lipinski definition) is 1. The van der Waals surface area contributed by atoms with Crippen LogP contribution in [-0.2, 0) is 19.5 Å². The van der Waals surface area contributed by atoms with Gasteiger partial charge in [-0.3, -0.25) is 9.69 Å². The molecule has 28 heavy (non-hydrogen) atoms. The molecule has 1 amide bonds. The molecule has 1 aliphatic heterocycles. The van der Waals surface area contributed by atoms with Gasteiger partial charge in [0.05, 0.1) is 0 Å². The van der Waals surface area contributed by atoms with Crippen molar-refractivity contribution in [2.75, 3.05) is 13.1 Å². The Labute approximate surface area is 170 Å². The minimum atomic E-state index is 0.0494. The van der Waals surface area contributed by atoms with E-state index in [0.29, 0.717) is 5.92 Å². The molecule has 1 atom stereocenters. The maximum atomic E-state index is 12.5. The predicted octanol–water partition coefficient (Wildman–Crippen LogP) is 5.19. The second-order valence-corrected chi connectivity index (χ2v) is 8.05. The molecule has 0 aromatic heterocycles. The number of hydrogen-bond acceptors (Lipinski definition) is 2. The predicted molar refractivity (Wildman–Crippen MR) is 116 cm³/mol. The summed E-state index contributed by atoms with van der Waals surface area (Å²) in [4.78, 5) is 14.9. The molecule has 3 rings (SSSR count). The van der Waals surface area contributed by atoms with Crippen LogP contribution in [0, 0.1) is 5.92 Å². The molecule has 0 spiro atoms. The van der Waals surface area contributed by atoms with E-state index in [9.17, 15) is 4.79 Å². The van der Waals surface area contributed by atoms with Gasteiger partial charge in [-0.05, 0) is 47.6 Å². The van der Waals surface area contributed by atoms with Crippen molar-refractivity contribution in [3.8, 4) is 0 Å². The monoisotopic (exact) mass is 378 g/mol. The Morgan fingerprint density at radius 1 is 1.07 bits per heavy atom. The first-order valence-electron chi connectivity index (χ1n) is 10.9. The molecule has 0 fully saturated rings. The number of benzene rings is 2. The van der Waals surface area contributed by atoms with Crippen LogP contribution in [0.2, 0.25) is 0 Å². The average Bonchev–Trinajstić information content (AvgIpc) is 2.74. The molecule has 0 saturated carbocycles. The van der Waals surface area contributed by atoms with Gasteiger partial charge in [-0.1, -0.05) is 69.5 Å². The Hall–Kier alpha value is -2.13. The fraction of sp³-hybridized carbons (Fsp3) is 0.480. The number of amides is 1. The van der Waals surface area contributed by atoms with Crippen molar-refractivity contribution in [2.45, 2.75) is 59.0 Å². The van der Waals surface area contributed by atoms with E-state index < -0.39 is 0 Å². The van der Waals surface area contributed by atoms with Gasteiger partial charge in [-0.25, -0.2) is 0 Å². The summed E-state index contributed by atoms with van der Waals surface area (Å²) in [5.74, 6) is 0.638. The lowest BCUT2D eigenvalue weighted by atomic mass is 9.99. The number of fused-ring (bicyclic) bond motifs is 1. The van der Waals surface area contributed by atoms with Crippen molar-refractivity contribution >= 4 is 5.91 Å². The van der Waals surface area contributed by atoms with E-state index >= 15 is 0 Å². The van der Waals surface area contributed by atoms with Crippen LogP contribution in [0.4, 0.5) is 0 Å². The Morgan fingerprint density at radius 3 is 2.54 bits per heavy atom. The molecule has 150 valence electrons. The van der Waals surface area contributed by atoms with Gasteiger partial charge in [0.1, 0.15) is 0 Å². The Balaban J connectivity index is 1.50. The summed E-state index contributed by atoms with van der Waals surface area (Å²) >= 11 is 0. The molecule has 0 radical (unpaired) electrons. The van der Waals surface area contributed by atoms with E-state index in [1.54, 1.807) is 0 Å². The van der Waals surface area contributed by atoms with Crippen LogP contribution < -0.4 is 5.32 Å². The van der Waals surface area contributed by atoms with E-state index in [1.807, 2.05) is 12.1 Å². The summed E-state index contributed by atoms with van der Waals surface area (Å²) in [5.41, 5.74) is 4.96. The fourth-order valence-electron chi connectivity index (χ4n) is 3.99. The van der Waals surface area contributed by atoms with Crippen molar-refractivity contribution in [1.82, 2.24) is 10.2 Å². The quantitative estimate of drug-likeness (QED) is 0.651. The van der Waals surface area contributed by atoms with E-state index in [4.69, 9.17) is 0 Å². The van der Waals surface area contributed by atoms with E-state index in [2.05, 4.69) is 60.5 Å². The molecular formula is C25H34N2O. The van der Waals surface area contributed by atoms with Crippen molar-refractivity contribution in [1.29, 1.82) is 0 Å². The molecule has 3 heteroatoms. The molecular weight excluding hydrogens is 344 g/mol. The number of unbranched alkanes of at least 4 members (excludes halogenated alkanes) is 1. The number of carbonyl (C=O) groups excluding carboxylic acids is 1. The normalized spacial score (nSPS) is 15.1. The van der Waals surface area contributed by atoms with Crippen LogP contribution in [-0.4, -0.2) is 23.9 Å². The lowest BCUT2D eigenvalue weighted by Crippen LogP contribution is -2.30. The summed E-state index contributed by atoms with van der Waals surface area (Å²) < 4.78 is 0. The summed E-state index contributed by atoms with van der Waals surface area (Å²) in [5, 5.41) is 3.12. The van der Waals surface area contributed by atoms with Gasteiger partial charge in [-0.2, -0.15) is 0 Å². The Kier molecular flexibility index (Phi) is 7.67. The third-order valence-electron chi connectivity index (χ3n) is 5.93. The molecule has 1 aliphatic rings. The van der Waals surface area contributed by atoms with E-state index in [1.165, 1.54) is 36.0 Å². The molecule has 2 aromatic carbocycles. The van der Waals surface area contributed by atoms with Gasteiger partial charge < -0.3 is 5.32 Å². The van der Waals surface area contributed by atoms with Crippen LogP contribution in [0.5, 0.6) is 0 Å². The molecule has 1 N–H and O–H groups in total. The van der Waals surface area contributed by atoms with Gasteiger partial charge in [-0.15, -0.1) is 0 Å². The zero-order chi connectivity index (χ0) is 19.8. The zero-order valence-electron chi connectivity index (χ0n) is 17.4. The minimum absolute atomic E-state index is 0.0494. The Bertz CT molecular complexity index is 753. The topological polar surface area (TPSA) is 32.3 Å². The molecule has 0 unspecified atom stereocenters. The first-order chi connectivity index (χ1) is 13.7. The van der Waals surface area contributed by atoms with Crippen molar-refractivity contribution in [3.05, 3.63) is 70.8 Å². The van der Waals surface area contributed by atoms with E-state index in [-0.39, 0.29) is 5.91 Å². The lowest BCUT2D eigenvalue weighted by molar-refractivity contribution is 0.0946. The highest BCUT2D eigenvalue weighted by Crippen LogP contribution is 2.20. The minimum Gasteiger partial charge on any atom is -0.352 e. The van der Waals surface area contributed by atoms with Crippen molar-refractivity contribution in [3.63, 3.8) is 0 Å². The number of nitrogens with one attached hydrogen (secondary N) is 1. The van der Waals surface area contributed by atoms with Crippen LogP contribution in [0.1, 0.15) is 66.6 Å². The average molecular weight is 379 g/mol. The molecule has 2 aromatic rings. The molecule has 1 heterocycles. The van der Waals surface area contributed by atoms with E-state index in [0.717, 1.165) is 44.6 Å². The zero-order valence-corrected chi connectivity index (χ0v) is 17.4. The molecule has 0 saturated heterocycles. The summed E-state index contributed by atoms with van der Waals surface area (Å²) in [6.07, 6.45) is 5.90. The second-order valence-electron chi connectivity index (χ2n) is 8.05. The van der Waals surface area contributed by atoms with Gasteiger partial charge in [0.15, 0.2) is 0 Å². The highest BCUT2D eigenvalue weighted by Gasteiger charge is 2.16. The molecule has 0 aliphatic carbocycles. The van der Waals surface area contributed by atoms with Crippen LogP contribution in [0.3, 0.4) is 0 Å². The number of carbonyl (C=O) groups is 1. The van der Waals surface area contributed by atoms with Gasteiger partial charge in [0.25, 0.3) is 5.91 Å². The summed E-state index contributed by atoms with van der Waals surface area (Å²) in [6, 6.07) is 16.9. The van der Waals surface area contributed by atoms with Gasteiger partial charge >= 0.3 is 0 Å². The first-order valence-corrected chi connectivity index (χ1v) is 10.9. The number of nitrogens with zero attached hydrogens (tertiary/aromatic N) is 1. The maximum absolute atomic E-state index is 12.5. The van der Waals surface area contributed by atoms with Gasteiger partial charge in [0.2, 0.25) is 0 Å². The SMILES string of the molecule is CCCC[C@H](CC)CNC(=O)c1ccc(CN2CCc3ccccc3C2)cc1. The molecule has 0 bridgehead atoms. The molecule has 3 nitrogen and oxygen atoms in total. The van der Waals surface area contributed by atoms with Crippen LogP contribution in [0.25, 0.3) is 0 Å². The van der Waals surface area contributed by atoms with Crippen molar-refractivity contribution < 1.29 is 4.79 Å². The van der Waals surface area contributed by atoms with Gasteiger partial charge in [0, 0.05) is 31.7 Å². The summed E-state index contributed by atoms with van der Waals surface area (Å²) in [7, 11) is 0. The number of rotatable bonds is 9. The lowest BCUT2D eigenvalue weighted by Gasteiger charge is -2.28. The second kappa shape index (κ2) is 10.4. The smallest absolute Gasteiger partial charge is 0.251 e. The van der Waals surface area contributed by atoms with Crippen molar-refractivity contribution in [2.24, 2.45) is 5.92 Å². The third-order valence-corrected chi connectivity index (χ3v) is 5.93. The fourth-order valence-corrected chi connectivity index (χ4v) is 3.99.